The number of rotatable bonds is 7. The van der Waals surface area contributed by atoms with E-state index in [0.29, 0.717) is 0 Å². The molecular formula is C11H21NO2. The van der Waals surface area contributed by atoms with Crippen LogP contribution in [0.3, 0.4) is 0 Å². The lowest BCUT2D eigenvalue weighted by molar-refractivity contribution is -0.139. The summed E-state index contributed by atoms with van der Waals surface area (Å²) < 4.78 is 0. The summed E-state index contributed by atoms with van der Waals surface area (Å²) in [5, 5.41) is 12.1. The van der Waals surface area contributed by atoms with E-state index in [9.17, 15) is 4.79 Å². The van der Waals surface area contributed by atoms with E-state index in [0.717, 1.165) is 31.7 Å². The first-order valence-electron chi connectivity index (χ1n) is 5.70. The predicted octanol–water partition coefficient (Wildman–Crippen LogP) is 2.02. The van der Waals surface area contributed by atoms with Gasteiger partial charge in [-0.05, 0) is 31.7 Å². The van der Waals surface area contributed by atoms with Crippen LogP contribution in [0, 0.1) is 5.92 Å². The summed E-state index contributed by atoms with van der Waals surface area (Å²) in [6.07, 6.45) is 6.68. The first-order valence-corrected chi connectivity index (χ1v) is 5.70. The van der Waals surface area contributed by atoms with E-state index in [2.05, 4.69) is 12.2 Å². The van der Waals surface area contributed by atoms with Crippen LogP contribution in [0.15, 0.2) is 0 Å². The van der Waals surface area contributed by atoms with Gasteiger partial charge in [-0.2, -0.15) is 0 Å². The molecule has 0 heterocycles. The Kier molecular flexibility index (Phi) is 4.94. The average Bonchev–Trinajstić information content (AvgIpc) is 2.07. The standard InChI is InChI=1S/C11H21NO2/c1-2-3-7-10(11(13)14)12-8-9-5-4-6-9/h9-10,12H,2-8H2,1H3,(H,13,14). The lowest BCUT2D eigenvalue weighted by atomic mass is 9.85. The number of aliphatic carboxylic acids is 1. The Bertz CT molecular complexity index is 178. The normalized spacial score (nSPS) is 18.9. The summed E-state index contributed by atoms with van der Waals surface area (Å²) in [6, 6.07) is -0.324. The van der Waals surface area contributed by atoms with Gasteiger partial charge in [-0.1, -0.05) is 26.2 Å². The van der Waals surface area contributed by atoms with Gasteiger partial charge < -0.3 is 10.4 Å². The van der Waals surface area contributed by atoms with Gasteiger partial charge >= 0.3 is 5.97 Å². The van der Waals surface area contributed by atoms with E-state index in [1.165, 1.54) is 19.3 Å². The number of hydrogen-bond donors (Lipinski definition) is 2. The minimum Gasteiger partial charge on any atom is -0.480 e. The summed E-state index contributed by atoms with van der Waals surface area (Å²) in [4.78, 5) is 10.9. The molecule has 1 rings (SSSR count). The van der Waals surface area contributed by atoms with Gasteiger partial charge in [0.15, 0.2) is 0 Å². The van der Waals surface area contributed by atoms with Crippen molar-refractivity contribution in [2.24, 2.45) is 5.92 Å². The van der Waals surface area contributed by atoms with Crippen molar-refractivity contribution < 1.29 is 9.90 Å². The molecule has 0 aliphatic heterocycles. The van der Waals surface area contributed by atoms with Crippen molar-refractivity contribution in [3.8, 4) is 0 Å². The van der Waals surface area contributed by atoms with Gasteiger partial charge in [-0.15, -0.1) is 0 Å². The molecule has 0 aromatic heterocycles. The van der Waals surface area contributed by atoms with Crippen LogP contribution in [0.25, 0.3) is 0 Å². The third-order valence-corrected chi connectivity index (χ3v) is 3.02. The summed E-state index contributed by atoms with van der Waals surface area (Å²) in [5.41, 5.74) is 0. The first kappa shape index (κ1) is 11.5. The maximum Gasteiger partial charge on any atom is 0.320 e. The Morgan fingerprint density at radius 3 is 2.71 bits per heavy atom. The molecule has 1 aliphatic rings. The van der Waals surface area contributed by atoms with Crippen LogP contribution >= 0.6 is 0 Å². The van der Waals surface area contributed by atoms with Gasteiger partial charge in [0.25, 0.3) is 0 Å². The zero-order valence-corrected chi connectivity index (χ0v) is 8.96. The zero-order chi connectivity index (χ0) is 10.4. The molecule has 0 saturated heterocycles. The molecule has 2 N–H and O–H groups in total. The Labute approximate surface area is 85.9 Å². The van der Waals surface area contributed by atoms with Crippen LogP contribution in [0.2, 0.25) is 0 Å². The maximum absolute atomic E-state index is 10.9. The molecule has 3 nitrogen and oxygen atoms in total. The molecule has 1 unspecified atom stereocenters. The molecular weight excluding hydrogens is 178 g/mol. The molecule has 0 radical (unpaired) electrons. The van der Waals surface area contributed by atoms with Crippen LogP contribution in [-0.4, -0.2) is 23.7 Å². The molecule has 1 saturated carbocycles. The second-order valence-electron chi connectivity index (χ2n) is 4.24. The second-order valence-corrected chi connectivity index (χ2v) is 4.24. The van der Waals surface area contributed by atoms with E-state index in [4.69, 9.17) is 5.11 Å². The smallest absolute Gasteiger partial charge is 0.320 e. The zero-order valence-electron chi connectivity index (χ0n) is 8.96. The SMILES string of the molecule is CCCCC(NCC1CCC1)C(=O)O. The van der Waals surface area contributed by atoms with Gasteiger partial charge in [-0.25, -0.2) is 0 Å². The van der Waals surface area contributed by atoms with Crippen molar-refractivity contribution in [1.82, 2.24) is 5.32 Å². The molecule has 1 aliphatic carbocycles. The summed E-state index contributed by atoms with van der Waals surface area (Å²) >= 11 is 0. The quantitative estimate of drug-likeness (QED) is 0.659. The van der Waals surface area contributed by atoms with Crippen molar-refractivity contribution in [3.05, 3.63) is 0 Å². The maximum atomic E-state index is 10.9. The molecule has 0 aromatic carbocycles. The van der Waals surface area contributed by atoms with Gasteiger partial charge in [-0.3, -0.25) is 4.79 Å². The number of unbranched alkanes of at least 4 members (excludes halogenated alkanes) is 1. The minimum atomic E-state index is -0.697. The van der Waals surface area contributed by atoms with Crippen molar-refractivity contribution in [1.29, 1.82) is 0 Å². The van der Waals surface area contributed by atoms with E-state index in [1.807, 2.05) is 0 Å². The lowest BCUT2D eigenvalue weighted by Gasteiger charge is -2.27. The summed E-state index contributed by atoms with van der Waals surface area (Å²) in [7, 11) is 0. The Balaban J connectivity index is 2.16. The minimum absolute atomic E-state index is 0.324. The second kappa shape index (κ2) is 6.02. The molecule has 1 fully saturated rings. The fourth-order valence-corrected chi connectivity index (χ4v) is 1.73. The average molecular weight is 199 g/mol. The highest BCUT2D eigenvalue weighted by Crippen LogP contribution is 2.25. The molecule has 1 atom stereocenters. The Morgan fingerprint density at radius 2 is 2.29 bits per heavy atom. The molecule has 0 amide bonds. The van der Waals surface area contributed by atoms with E-state index >= 15 is 0 Å². The molecule has 14 heavy (non-hydrogen) atoms. The fourth-order valence-electron chi connectivity index (χ4n) is 1.73. The number of nitrogens with one attached hydrogen (secondary N) is 1. The van der Waals surface area contributed by atoms with Gasteiger partial charge in [0.1, 0.15) is 6.04 Å². The van der Waals surface area contributed by atoms with Crippen molar-refractivity contribution >= 4 is 5.97 Å². The van der Waals surface area contributed by atoms with Crippen LogP contribution in [-0.2, 0) is 4.79 Å². The highest BCUT2D eigenvalue weighted by atomic mass is 16.4. The van der Waals surface area contributed by atoms with Crippen molar-refractivity contribution in [2.45, 2.75) is 51.5 Å². The molecule has 0 aromatic rings. The molecule has 0 spiro atoms. The van der Waals surface area contributed by atoms with Crippen LogP contribution in [0.5, 0.6) is 0 Å². The van der Waals surface area contributed by atoms with Crippen molar-refractivity contribution in [2.75, 3.05) is 6.54 Å². The van der Waals surface area contributed by atoms with Crippen LogP contribution < -0.4 is 5.32 Å². The molecule has 3 heteroatoms. The Morgan fingerprint density at radius 1 is 1.57 bits per heavy atom. The fraction of sp³-hybridized carbons (Fsp3) is 0.909. The van der Waals surface area contributed by atoms with E-state index in [-0.39, 0.29) is 6.04 Å². The van der Waals surface area contributed by atoms with Gasteiger partial charge in [0.05, 0.1) is 0 Å². The van der Waals surface area contributed by atoms with Crippen LogP contribution in [0.4, 0.5) is 0 Å². The number of carboxylic acid groups (broad SMARTS) is 1. The van der Waals surface area contributed by atoms with Gasteiger partial charge in [0, 0.05) is 0 Å². The third-order valence-electron chi connectivity index (χ3n) is 3.02. The summed E-state index contributed by atoms with van der Waals surface area (Å²) in [6.45, 7) is 2.98. The van der Waals surface area contributed by atoms with E-state index in [1.54, 1.807) is 0 Å². The topological polar surface area (TPSA) is 49.3 Å². The summed E-state index contributed by atoms with van der Waals surface area (Å²) in [5.74, 6) is 0.0382. The van der Waals surface area contributed by atoms with Gasteiger partial charge in [0.2, 0.25) is 0 Å². The predicted molar refractivity (Wildman–Crippen MR) is 56.3 cm³/mol. The highest BCUT2D eigenvalue weighted by Gasteiger charge is 2.21. The third kappa shape index (κ3) is 3.66. The molecule has 82 valence electrons. The lowest BCUT2D eigenvalue weighted by Crippen LogP contribution is -2.40. The molecule has 0 bridgehead atoms. The monoisotopic (exact) mass is 199 g/mol. The number of carboxylic acids is 1. The number of carbonyl (C=O) groups is 1. The van der Waals surface area contributed by atoms with Crippen molar-refractivity contribution in [3.63, 3.8) is 0 Å². The number of hydrogen-bond acceptors (Lipinski definition) is 2. The van der Waals surface area contributed by atoms with E-state index < -0.39 is 5.97 Å². The largest absolute Gasteiger partial charge is 0.480 e. The highest BCUT2D eigenvalue weighted by molar-refractivity contribution is 5.73. The van der Waals surface area contributed by atoms with Crippen LogP contribution in [0.1, 0.15) is 45.4 Å². The Hall–Kier alpha value is -0.570. The first-order chi connectivity index (χ1) is 6.74.